The molecular weight excluding hydrogens is 400 g/mol. The van der Waals surface area contributed by atoms with Gasteiger partial charge in [0.2, 0.25) is 0 Å². The minimum absolute atomic E-state index is 0.0106. The van der Waals surface area contributed by atoms with E-state index < -0.39 is 6.10 Å². The first-order chi connectivity index (χ1) is 14.1. The molecule has 1 heterocycles. The molecule has 1 spiro atoms. The second-order valence-corrected chi connectivity index (χ2v) is 12.1. The summed E-state index contributed by atoms with van der Waals surface area (Å²) < 4.78 is 6.02. The van der Waals surface area contributed by atoms with E-state index in [0.717, 1.165) is 44.1 Å². The molecule has 0 aromatic carbocycles. The third-order valence-electron chi connectivity index (χ3n) is 9.66. The van der Waals surface area contributed by atoms with Crippen LogP contribution in [-0.2, 0) is 19.1 Å². The van der Waals surface area contributed by atoms with Crippen LogP contribution in [0.15, 0.2) is 11.6 Å². The van der Waals surface area contributed by atoms with Crippen molar-refractivity contribution in [2.45, 2.75) is 89.1 Å². The van der Waals surface area contributed by atoms with Gasteiger partial charge in [0.1, 0.15) is 5.60 Å². The number of esters is 1. The molecule has 8 atom stereocenters. The van der Waals surface area contributed by atoms with Gasteiger partial charge in [-0.2, -0.15) is 0 Å². The Balaban J connectivity index is 1.59. The van der Waals surface area contributed by atoms with E-state index in [1.807, 2.05) is 0 Å². The second kappa shape index (κ2) is 6.68. The van der Waals surface area contributed by atoms with Crippen molar-refractivity contribution in [3.05, 3.63) is 11.6 Å². The van der Waals surface area contributed by atoms with E-state index in [-0.39, 0.29) is 44.5 Å². The third kappa shape index (κ3) is 2.62. The van der Waals surface area contributed by atoms with Crippen molar-refractivity contribution in [3.63, 3.8) is 0 Å². The number of fused-ring (bicyclic) bond motifs is 6. The molecule has 5 nitrogen and oxygen atoms in total. The molecule has 0 aromatic rings. The molecule has 1 saturated heterocycles. The van der Waals surface area contributed by atoms with Crippen molar-refractivity contribution in [2.75, 3.05) is 0 Å². The lowest BCUT2D eigenvalue weighted by atomic mass is 9.45. The molecular formula is C24H32O5S. The van der Waals surface area contributed by atoms with Gasteiger partial charge in [0.25, 0.3) is 0 Å². The summed E-state index contributed by atoms with van der Waals surface area (Å²) in [5.41, 5.74) is 0.158. The Hall–Kier alpha value is -1.14. The Kier molecular flexibility index (Phi) is 4.62. The standard InChI is InChI=1S/C24H32O5S/c1-13(25)30-21-19-15(22(2)8-4-14(26)12-17(22)20(21)28)5-9-23(3)16(19)6-10-24(23)11-7-18(27)29-24/h12,15-16,19-21,28H,4-11H2,1-3H3. The number of carbonyl (C=O) groups is 3. The first-order valence-corrected chi connectivity index (χ1v) is 12.3. The van der Waals surface area contributed by atoms with Crippen LogP contribution >= 0.6 is 11.8 Å². The molecule has 5 aliphatic rings. The van der Waals surface area contributed by atoms with Gasteiger partial charge in [-0.1, -0.05) is 25.6 Å². The van der Waals surface area contributed by atoms with Crippen LogP contribution in [-0.4, -0.2) is 38.9 Å². The minimum atomic E-state index is -0.778. The largest absolute Gasteiger partial charge is 0.458 e. The van der Waals surface area contributed by atoms with E-state index in [1.165, 1.54) is 11.8 Å². The van der Waals surface area contributed by atoms with E-state index >= 15 is 0 Å². The molecule has 30 heavy (non-hydrogen) atoms. The Bertz CT molecular complexity index is 851. The highest BCUT2D eigenvalue weighted by Gasteiger charge is 2.69. The SMILES string of the molecule is CC(=O)SC1C(O)C2=CC(=O)CCC2(C)C2CCC3(C)C(CCC34CCC(=O)O4)C12. The maximum atomic E-state index is 12.2. The molecule has 0 radical (unpaired) electrons. The number of ether oxygens (including phenoxy) is 1. The van der Waals surface area contributed by atoms with E-state index in [0.29, 0.717) is 24.7 Å². The molecule has 4 aliphatic carbocycles. The Morgan fingerprint density at radius 3 is 2.50 bits per heavy atom. The first-order valence-electron chi connectivity index (χ1n) is 11.4. The maximum absolute atomic E-state index is 12.2. The van der Waals surface area contributed by atoms with Crippen molar-refractivity contribution in [1.29, 1.82) is 0 Å². The number of rotatable bonds is 1. The van der Waals surface area contributed by atoms with Crippen molar-refractivity contribution < 1.29 is 24.2 Å². The van der Waals surface area contributed by atoms with Crippen molar-refractivity contribution in [3.8, 4) is 0 Å². The number of hydrogen-bond acceptors (Lipinski definition) is 6. The lowest BCUT2D eigenvalue weighted by molar-refractivity contribution is -0.169. The van der Waals surface area contributed by atoms with Crippen molar-refractivity contribution in [2.24, 2.45) is 28.6 Å². The molecule has 6 heteroatoms. The zero-order valence-corrected chi connectivity index (χ0v) is 18.9. The number of thioether (sulfide) groups is 1. The normalized spacial score (nSPS) is 49.9. The molecule has 0 amide bonds. The van der Waals surface area contributed by atoms with Crippen LogP contribution in [0.1, 0.15) is 72.1 Å². The Morgan fingerprint density at radius 1 is 1.10 bits per heavy atom. The quantitative estimate of drug-likeness (QED) is 0.635. The van der Waals surface area contributed by atoms with Gasteiger partial charge in [0, 0.05) is 30.4 Å². The fourth-order valence-electron chi connectivity index (χ4n) is 8.18. The number of aliphatic hydroxyl groups is 1. The lowest BCUT2D eigenvalue weighted by Crippen LogP contribution is -2.61. The number of aliphatic hydroxyl groups excluding tert-OH is 1. The molecule has 4 fully saturated rings. The summed E-state index contributed by atoms with van der Waals surface area (Å²) in [6.45, 7) is 6.08. The predicted molar refractivity (Wildman–Crippen MR) is 114 cm³/mol. The molecule has 0 bridgehead atoms. The maximum Gasteiger partial charge on any atom is 0.306 e. The monoisotopic (exact) mass is 432 g/mol. The molecule has 164 valence electrons. The van der Waals surface area contributed by atoms with Gasteiger partial charge < -0.3 is 9.84 Å². The Labute approximate surface area is 182 Å². The minimum Gasteiger partial charge on any atom is -0.458 e. The summed E-state index contributed by atoms with van der Waals surface area (Å²) in [4.78, 5) is 36.5. The van der Waals surface area contributed by atoms with Gasteiger partial charge in [0.05, 0.1) is 6.10 Å². The molecule has 1 N–H and O–H groups in total. The van der Waals surface area contributed by atoms with Gasteiger partial charge in [-0.15, -0.1) is 0 Å². The van der Waals surface area contributed by atoms with Gasteiger partial charge >= 0.3 is 5.97 Å². The summed E-state index contributed by atoms with van der Waals surface area (Å²) in [6, 6.07) is 0. The fourth-order valence-corrected chi connectivity index (χ4v) is 9.37. The highest BCUT2D eigenvalue weighted by atomic mass is 32.2. The van der Waals surface area contributed by atoms with Crippen LogP contribution in [0.3, 0.4) is 0 Å². The lowest BCUT2D eigenvalue weighted by Gasteiger charge is -2.62. The zero-order chi connectivity index (χ0) is 21.5. The summed E-state index contributed by atoms with van der Waals surface area (Å²) in [7, 11) is 0. The van der Waals surface area contributed by atoms with Crippen LogP contribution in [0.4, 0.5) is 0 Å². The smallest absolute Gasteiger partial charge is 0.306 e. The topological polar surface area (TPSA) is 80.7 Å². The van der Waals surface area contributed by atoms with Crippen LogP contribution in [0.5, 0.6) is 0 Å². The van der Waals surface area contributed by atoms with E-state index in [2.05, 4.69) is 13.8 Å². The van der Waals surface area contributed by atoms with Gasteiger partial charge in [-0.3, -0.25) is 14.4 Å². The summed E-state index contributed by atoms with van der Waals surface area (Å²) in [6.07, 6.45) is 7.34. The third-order valence-corrected chi connectivity index (χ3v) is 10.8. The Morgan fingerprint density at radius 2 is 1.83 bits per heavy atom. The predicted octanol–water partition coefficient (Wildman–Crippen LogP) is 3.82. The second-order valence-electron chi connectivity index (χ2n) is 10.8. The van der Waals surface area contributed by atoms with E-state index in [4.69, 9.17) is 4.74 Å². The highest BCUT2D eigenvalue weighted by molar-refractivity contribution is 8.14. The van der Waals surface area contributed by atoms with E-state index in [9.17, 15) is 19.5 Å². The molecule has 1 aliphatic heterocycles. The highest BCUT2D eigenvalue weighted by Crippen LogP contribution is 2.70. The average Bonchev–Trinajstić information content (AvgIpc) is 3.20. The number of hydrogen-bond donors (Lipinski definition) is 1. The van der Waals surface area contributed by atoms with Crippen molar-refractivity contribution in [1.82, 2.24) is 0 Å². The summed E-state index contributed by atoms with van der Waals surface area (Å²) in [5.74, 6) is 0.832. The average molecular weight is 433 g/mol. The van der Waals surface area contributed by atoms with Crippen LogP contribution in [0, 0.1) is 28.6 Å². The number of ketones is 1. The van der Waals surface area contributed by atoms with Gasteiger partial charge in [0.15, 0.2) is 10.9 Å². The van der Waals surface area contributed by atoms with Crippen LogP contribution in [0.25, 0.3) is 0 Å². The summed E-state index contributed by atoms with van der Waals surface area (Å²) in [5, 5.41) is 11.2. The number of carbonyl (C=O) groups excluding carboxylic acids is 3. The fraction of sp³-hybridized carbons (Fsp3) is 0.792. The first kappa shape index (κ1) is 20.7. The molecule has 0 aromatic heterocycles. The van der Waals surface area contributed by atoms with Crippen LogP contribution < -0.4 is 0 Å². The molecule has 8 unspecified atom stereocenters. The van der Waals surface area contributed by atoms with Gasteiger partial charge in [-0.05, 0) is 73.3 Å². The van der Waals surface area contributed by atoms with Gasteiger partial charge in [-0.25, -0.2) is 0 Å². The van der Waals surface area contributed by atoms with Crippen LogP contribution in [0.2, 0.25) is 0 Å². The molecule has 5 rings (SSSR count). The summed E-state index contributed by atoms with van der Waals surface area (Å²) >= 11 is 1.26. The zero-order valence-electron chi connectivity index (χ0n) is 18.1. The van der Waals surface area contributed by atoms with Crippen molar-refractivity contribution >= 4 is 28.6 Å². The molecule has 3 saturated carbocycles. The van der Waals surface area contributed by atoms with E-state index in [1.54, 1.807) is 13.0 Å².